The molecular formula is C14H22O2. The highest BCUT2D eigenvalue weighted by Gasteiger charge is 2.10. The molecule has 0 amide bonds. The highest BCUT2D eigenvalue weighted by molar-refractivity contribution is 4.86. The molecule has 1 fully saturated rings. The van der Waals surface area contributed by atoms with Gasteiger partial charge in [-0.15, -0.1) is 12.3 Å². The van der Waals surface area contributed by atoms with Gasteiger partial charge >= 0.3 is 0 Å². The average Bonchev–Trinajstić information content (AvgIpc) is 2.80. The van der Waals surface area contributed by atoms with Gasteiger partial charge in [0.25, 0.3) is 0 Å². The quantitative estimate of drug-likeness (QED) is 0.356. The number of terminal acetylenes is 1. The van der Waals surface area contributed by atoms with Crippen molar-refractivity contribution in [1.82, 2.24) is 0 Å². The van der Waals surface area contributed by atoms with Crippen LogP contribution < -0.4 is 0 Å². The lowest BCUT2D eigenvalue weighted by atomic mass is 10.1. The van der Waals surface area contributed by atoms with E-state index >= 15 is 0 Å². The lowest BCUT2D eigenvalue weighted by Crippen LogP contribution is -2.01. The molecule has 0 aromatic carbocycles. The zero-order chi connectivity index (χ0) is 11.5. The van der Waals surface area contributed by atoms with Crippen LogP contribution in [0, 0.1) is 12.3 Å². The second-order valence-corrected chi connectivity index (χ2v) is 4.05. The first-order valence-electron chi connectivity index (χ1n) is 6.27. The molecular weight excluding hydrogens is 200 g/mol. The molecule has 0 unspecified atom stereocenters. The first kappa shape index (κ1) is 13.3. The van der Waals surface area contributed by atoms with Crippen molar-refractivity contribution >= 4 is 0 Å². The van der Waals surface area contributed by atoms with E-state index in [2.05, 4.69) is 12.0 Å². The van der Waals surface area contributed by atoms with E-state index in [4.69, 9.17) is 15.9 Å². The fourth-order valence-corrected chi connectivity index (χ4v) is 1.71. The zero-order valence-corrected chi connectivity index (χ0v) is 9.99. The van der Waals surface area contributed by atoms with Crippen LogP contribution in [0.2, 0.25) is 0 Å². The molecule has 1 heterocycles. The topological polar surface area (TPSA) is 18.5 Å². The molecule has 1 aliphatic heterocycles. The fraction of sp³-hybridized carbons (Fsp3) is 0.714. The van der Waals surface area contributed by atoms with Crippen molar-refractivity contribution in [1.29, 1.82) is 0 Å². The van der Waals surface area contributed by atoms with Gasteiger partial charge in [-0.1, -0.05) is 25.3 Å². The predicted octanol–water partition coefficient (Wildman–Crippen LogP) is 3.28. The normalized spacial score (nSPS) is 16.9. The van der Waals surface area contributed by atoms with Crippen molar-refractivity contribution in [3.8, 4) is 12.3 Å². The molecule has 1 aliphatic rings. The zero-order valence-electron chi connectivity index (χ0n) is 9.99. The number of unbranched alkanes of at least 4 members (excludes halogenated alkanes) is 6. The molecule has 0 aromatic heterocycles. The van der Waals surface area contributed by atoms with Gasteiger partial charge in [0.1, 0.15) is 0 Å². The summed E-state index contributed by atoms with van der Waals surface area (Å²) in [5, 5.41) is 0. The van der Waals surface area contributed by atoms with Crippen molar-refractivity contribution < 1.29 is 9.47 Å². The third-order valence-corrected chi connectivity index (χ3v) is 2.63. The summed E-state index contributed by atoms with van der Waals surface area (Å²) >= 11 is 0. The SMILES string of the molecule is C#CCCCCCCC/C=C/C1OCCO1. The van der Waals surface area contributed by atoms with Crippen molar-refractivity contribution in [2.45, 2.75) is 51.2 Å². The smallest absolute Gasteiger partial charge is 0.177 e. The molecule has 0 saturated carbocycles. The maximum Gasteiger partial charge on any atom is 0.177 e. The van der Waals surface area contributed by atoms with Crippen LogP contribution in [-0.4, -0.2) is 19.5 Å². The molecule has 2 heteroatoms. The molecule has 0 spiro atoms. The second kappa shape index (κ2) is 9.45. The minimum absolute atomic E-state index is 0.0874. The van der Waals surface area contributed by atoms with Crippen LogP contribution in [0.4, 0.5) is 0 Å². The van der Waals surface area contributed by atoms with E-state index in [0.717, 1.165) is 26.1 Å². The van der Waals surface area contributed by atoms with Crippen molar-refractivity contribution in [2.75, 3.05) is 13.2 Å². The molecule has 16 heavy (non-hydrogen) atoms. The Hall–Kier alpha value is -0.780. The number of hydrogen-bond donors (Lipinski definition) is 0. The van der Waals surface area contributed by atoms with Crippen LogP contribution in [0.25, 0.3) is 0 Å². The van der Waals surface area contributed by atoms with Gasteiger partial charge in [-0.2, -0.15) is 0 Å². The Bertz CT molecular complexity index is 221. The molecule has 0 bridgehead atoms. The molecule has 90 valence electrons. The van der Waals surface area contributed by atoms with Crippen molar-refractivity contribution in [3.63, 3.8) is 0 Å². The highest BCUT2D eigenvalue weighted by atomic mass is 16.7. The van der Waals surface area contributed by atoms with Crippen LogP contribution in [0.3, 0.4) is 0 Å². The Labute approximate surface area is 99.0 Å². The summed E-state index contributed by atoms with van der Waals surface area (Å²) in [4.78, 5) is 0. The van der Waals surface area contributed by atoms with Crippen LogP contribution in [0.1, 0.15) is 44.9 Å². The highest BCUT2D eigenvalue weighted by Crippen LogP contribution is 2.09. The Balaban J connectivity index is 1.82. The van der Waals surface area contributed by atoms with Crippen LogP contribution in [0.5, 0.6) is 0 Å². The van der Waals surface area contributed by atoms with E-state index < -0.39 is 0 Å². The summed E-state index contributed by atoms with van der Waals surface area (Å²) in [5.74, 6) is 2.67. The summed E-state index contributed by atoms with van der Waals surface area (Å²) in [5.41, 5.74) is 0. The summed E-state index contributed by atoms with van der Waals surface area (Å²) in [7, 11) is 0. The molecule has 0 atom stereocenters. The Morgan fingerprint density at radius 3 is 2.50 bits per heavy atom. The predicted molar refractivity (Wildman–Crippen MR) is 66.0 cm³/mol. The molecule has 0 aliphatic carbocycles. The van der Waals surface area contributed by atoms with Gasteiger partial charge in [0.2, 0.25) is 0 Å². The molecule has 1 rings (SSSR count). The molecule has 0 N–H and O–H groups in total. The minimum Gasteiger partial charge on any atom is -0.347 e. The van der Waals surface area contributed by atoms with Crippen LogP contribution in [0.15, 0.2) is 12.2 Å². The third kappa shape index (κ3) is 6.66. The van der Waals surface area contributed by atoms with Gasteiger partial charge in [0, 0.05) is 6.42 Å². The first-order chi connectivity index (χ1) is 7.93. The third-order valence-electron chi connectivity index (χ3n) is 2.63. The van der Waals surface area contributed by atoms with Crippen LogP contribution >= 0.6 is 0 Å². The Morgan fingerprint density at radius 2 is 1.75 bits per heavy atom. The second-order valence-electron chi connectivity index (χ2n) is 4.05. The fourth-order valence-electron chi connectivity index (χ4n) is 1.71. The van der Waals surface area contributed by atoms with E-state index in [1.807, 2.05) is 6.08 Å². The summed E-state index contributed by atoms with van der Waals surface area (Å²) < 4.78 is 10.6. The summed E-state index contributed by atoms with van der Waals surface area (Å²) in [6, 6.07) is 0. The lowest BCUT2D eigenvalue weighted by molar-refractivity contribution is -0.00173. The minimum atomic E-state index is -0.0874. The van der Waals surface area contributed by atoms with Gasteiger partial charge in [-0.05, 0) is 25.3 Å². The van der Waals surface area contributed by atoms with E-state index in [-0.39, 0.29) is 6.29 Å². The Morgan fingerprint density at radius 1 is 1.06 bits per heavy atom. The lowest BCUT2D eigenvalue weighted by Gasteiger charge is -2.01. The standard InChI is InChI=1S/C14H22O2/c1-2-3-4-5-6-7-8-9-10-11-14-15-12-13-16-14/h1,10-11,14H,3-9,12-13H2/b11-10+. The van der Waals surface area contributed by atoms with E-state index in [1.54, 1.807) is 0 Å². The maximum atomic E-state index is 5.30. The molecule has 0 radical (unpaired) electrons. The van der Waals surface area contributed by atoms with E-state index in [1.165, 1.54) is 32.1 Å². The average molecular weight is 222 g/mol. The first-order valence-corrected chi connectivity index (χ1v) is 6.27. The molecule has 0 aromatic rings. The Kier molecular flexibility index (Phi) is 7.84. The van der Waals surface area contributed by atoms with E-state index in [9.17, 15) is 0 Å². The number of hydrogen-bond acceptors (Lipinski definition) is 2. The van der Waals surface area contributed by atoms with Gasteiger partial charge in [0.05, 0.1) is 13.2 Å². The summed E-state index contributed by atoms with van der Waals surface area (Å²) in [6.07, 6.45) is 17.6. The monoisotopic (exact) mass is 222 g/mol. The van der Waals surface area contributed by atoms with Crippen molar-refractivity contribution in [2.24, 2.45) is 0 Å². The summed E-state index contributed by atoms with van der Waals surface area (Å²) in [6.45, 7) is 1.45. The molecule has 1 saturated heterocycles. The molecule has 2 nitrogen and oxygen atoms in total. The number of allylic oxidation sites excluding steroid dienone is 1. The van der Waals surface area contributed by atoms with Crippen LogP contribution in [-0.2, 0) is 9.47 Å². The largest absolute Gasteiger partial charge is 0.347 e. The van der Waals surface area contributed by atoms with Gasteiger partial charge < -0.3 is 9.47 Å². The van der Waals surface area contributed by atoms with Crippen molar-refractivity contribution in [3.05, 3.63) is 12.2 Å². The number of rotatable bonds is 8. The van der Waals surface area contributed by atoms with Gasteiger partial charge in [-0.3, -0.25) is 0 Å². The maximum absolute atomic E-state index is 5.30. The van der Waals surface area contributed by atoms with Gasteiger partial charge in [0.15, 0.2) is 6.29 Å². The number of ether oxygens (including phenoxy) is 2. The van der Waals surface area contributed by atoms with Gasteiger partial charge in [-0.25, -0.2) is 0 Å². The van der Waals surface area contributed by atoms with E-state index in [0.29, 0.717) is 0 Å².